The first-order chi connectivity index (χ1) is 18.6. The molecule has 39 heavy (non-hydrogen) atoms. The first-order valence-corrected chi connectivity index (χ1v) is 12.6. The third-order valence-electron chi connectivity index (χ3n) is 5.51. The highest BCUT2D eigenvalue weighted by molar-refractivity contribution is 7.99. The van der Waals surface area contributed by atoms with Gasteiger partial charge in [0.1, 0.15) is 17.3 Å². The molecule has 0 fully saturated rings. The number of thioether (sulfide) groups is 1. The minimum absolute atomic E-state index is 0.000233. The van der Waals surface area contributed by atoms with Crippen LogP contribution in [0.15, 0.2) is 35.5 Å². The van der Waals surface area contributed by atoms with Crippen LogP contribution in [0, 0.1) is 37.5 Å². The van der Waals surface area contributed by atoms with Crippen molar-refractivity contribution in [3.05, 3.63) is 56.1 Å². The first kappa shape index (κ1) is 28.9. The fourth-order valence-electron chi connectivity index (χ4n) is 3.53. The number of non-ortho nitro benzene ring substituents is 1. The van der Waals surface area contributed by atoms with E-state index in [0.717, 1.165) is 18.6 Å². The molecule has 0 saturated carbocycles. The lowest BCUT2D eigenvalue weighted by Crippen LogP contribution is -2.06. The van der Waals surface area contributed by atoms with E-state index in [4.69, 9.17) is 14.2 Å². The van der Waals surface area contributed by atoms with Crippen molar-refractivity contribution in [3.8, 4) is 34.6 Å². The van der Waals surface area contributed by atoms with Gasteiger partial charge in [-0.15, -0.1) is 0 Å². The molecule has 0 saturated heterocycles. The van der Waals surface area contributed by atoms with Crippen molar-refractivity contribution in [3.63, 3.8) is 0 Å². The highest BCUT2D eigenvalue weighted by Crippen LogP contribution is 2.43. The number of anilines is 2. The molecule has 0 bridgehead atoms. The van der Waals surface area contributed by atoms with Crippen LogP contribution in [-0.2, 0) is 0 Å². The molecule has 14 heteroatoms. The predicted molar refractivity (Wildman–Crippen MR) is 145 cm³/mol. The Morgan fingerprint density at radius 2 is 1.69 bits per heavy atom. The van der Waals surface area contributed by atoms with Crippen LogP contribution >= 0.6 is 11.8 Å². The molecule has 13 nitrogen and oxygen atoms in total. The Bertz CT molecular complexity index is 1420. The highest BCUT2D eigenvalue weighted by atomic mass is 32.2. The zero-order valence-corrected chi connectivity index (χ0v) is 22.7. The van der Waals surface area contributed by atoms with Crippen molar-refractivity contribution in [1.82, 2.24) is 9.97 Å². The largest absolute Gasteiger partial charge is 0.493 e. The number of nitrogens with zero attached hydrogens (tertiary/aromatic N) is 5. The number of methoxy groups -OCH3 is 3. The molecule has 1 heterocycles. The van der Waals surface area contributed by atoms with Crippen molar-refractivity contribution >= 4 is 34.6 Å². The summed E-state index contributed by atoms with van der Waals surface area (Å²) < 4.78 is 16.3. The average molecular weight is 555 g/mol. The Kier molecular flexibility index (Phi) is 9.45. The van der Waals surface area contributed by atoms with Gasteiger partial charge in [-0.2, -0.15) is 5.26 Å². The molecule has 3 aromatic rings. The summed E-state index contributed by atoms with van der Waals surface area (Å²) in [5, 5.41) is 36.2. The summed E-state index contributed by atoms with van der Waals surface area (Å²) in [6.07, 6.45) is 0.879. The van der Waals surface area contributed by atoms with Crippen LogP contribution < -0.4 is 19.5 Å². The molecule has 1 aromatic heterocycles. The summed E-state index contributed by atoms with van der Waals surface area (Å²) in [7, 11) is 4.38. The number of nitro benzene ring substituents is 2. The molecule has 0 aliphatic carbocycles. The highest BCUT2D eigenvalue weighted by Gasteiger charge is 2.24. The van der Waals surface area contributed by atoms with Crippen molar-refractivity contribution in [2.75, 3.05) is 32.4 Å². The van der Waals surface area contributed by atoms with Crippen molar-refractivity contribution in [2.24, 2.45) is 5.92 Å². The monoisotopic (exact) mass is 554 g/mol. The van der Waals surface area contributed by atoms with Gasteiger partial charge < -0.3 is 19.5 Å². The second-order valence-electron chi connectivity index (χ2n) is 8.48. The van der Waals surface area contributed by atoms with E-state index in [1.54, 1.807) is 12.1 Å². The van der Waals surface area contributed by atoms with E-state index < -0.39 is 21.2 Å². The van der Waals surface area contributed by atoms with Gasteiger partial charge in [-0.05, 0) is 30.5 Å². The molecule has 204 valence electrons. The summed E-state index contributed by atoms with van der Waals surface area (Å²) in [5.41, 5.74) is -0.394. The molecule has 1 N–H and O–H groups in total. The maximum atomic E-state index is 11.7. The second kappa shape index (κ2) is 12.7. The van der Waals surface area contributed by atoms with E-state index in [2.05, 4.69) is 35.2 Å². The number of hydrogen-bond donors (Lipinski definition) is 1. The minimum atomic E-state index is -0.749. The maximum Gasteiger partial charge on any atom is 0.299 e. The predicted octanol–water partition coefficient (Wildman–Crippen LogP) is 5.74. The average Bonchev–Trinajstić information content (AvgIpc) is 2.91. The number of aromatic nitrogens is 2. The van der Waals surface area contributed by atoms with Crippen LogP contribution in [0.3, 0.4) is 0 Å². The van der Waals surface area contributed by atoms with Crippen molar-refractivity contribution in [2.45, 2.75) is 25.4 Å². The molecule has 0 unspecified atom stereocenters. The van der Waals surface area contributed by atoms with E-state index in [1.807, 2.05) is 0 Å². The van der Waals surface area contributed by atoms with E-state index in [9.17, 15) is 25.5 Å². The lowest BCUT2D eigenvalue weighted by atomic mass is 10.1. The van der Waals surface area contributed by atoms with E-state index in [1.165, 1.54) is 39.2 Å². The van der Waals surface area contributed by atoms with Gasteiger partial charge in [0.25, 0.3) is 11.4 Å². The fraction of sp³-hybridized carbons (Fsp3) is 0.320. The van der Waals surface area contributed by atoms with Crippen LogP contribution in [-0.4, -0.2) is 46.9 Å². The zero-order chi connectivity index (χ0) is 28.7. The molecular formula is C25H26N6O7S. The quantitative estimate of drug-likeness (QED) is 0.124. The molecule has 0 aliphatic heterocycles. The van der Waals surface area contributed by atoms with Crippen LogP contribution in [0.2, 0.25) is 0 Å². The summed E-state index contributed by atoms with van der Waals surface area (Å²) in [6, 6.07) is 8.50. The molecule has 2 aromatic carbocycles. The standard InChI is InChI=1S/C25H26N6O7S/c1-14(2)8-9-39-25-28-22(15-10-20(36-3)23(38-5)21(11-15)37-4)17(13-26)24(29-25)27-18-7-6-16(30(32)33)12-19(18)31(34)35/h6-7,10-12,14H,8-9H2,1-5H3,(H,27,28,29). The Morgan fingerprint density at radius 1 is 1.03 bits per heavy atom. The Balaban J connectivity index is 2.24. The van der Waals surface area contributed by atoms with Gasteiger partial charge in [-0.25, -0.2) is 9.97 Å². The molecule has 0 aliphatic rings. The van der Waals surface area contributed by atoms with Crippen LogP contribution in [0.25, 0.3) is 11.3 Å². The molecule has 0 radical (unpaired) electrons. The Hall–Kier alpha value is -4.64. The van der Waals surface area contributed by atoms with Crippen LogP contribution in [0.4, 0.5) is 22.9 Å². The first-order valence-electron chi connectivity index (χ1n) is 11.6. The lowest BCUT2D eigenvalue weighted by molar-refractivity contribution is -0.393. The fourth-order valence-corrected chi connectivity index (χ4v) is 4.62. The second-order valence-corrected chi connectivity index (χ2v) is 9.54. The molecular weight excluding hydrogens is 528 g/mol. The van der Waals surface area contributed by atoms with Gasteiger partial charge in [0, 0.05) is 17.4 Å². The Labute approximate surface area is 228 Å². The summed E-state index contributed by atoms with van der Waals surface area (Å²) in [5.74, 6) is 2.15. The maximum absolute atomic E-state index is 11.7. The van der Waals surface area contributed by atoms with Gasteiger partial charge >= 0.3 is 0 Å². The SMILES string of the molecule is COc1cc(-c2nc(SCCC(C)C)nc(Nc3ccc([N+](=O)[O-])cc3[N+](=O)[O-])c2C#N)cc(OC)c1OC. The molecule has 3 rings (SSSR count). The van der Waals surface area contributed by atoms with Gasteiger partial charge in [0.2, 0.25) is 5.75 Å². The number of benzene rings is 2. The van der Waals surface area contributed by atoms with Crippen molar-refractivity contribution < 1.29 is 24.1 Å². The molecule has 0 amide bonds. The summed E-state index contributed by atoms with van der Waals surface area (Å²) >= 11 is 1.36. The van der Waals surface area contributed by atoms with Gasteiger partial charge in [0.05, 0.1) is 42.9 Å². The third kappa shape index (κ3) is 6.63. The Morgan fingerprint density at radius 3 is 2.21 bits per heavy atom. The van der Waals surface area contributed by atoms with Crippen LogP contribution in [0.1, 0.15) is 25.8 Å². The minimum Gasteiger partial charge on any atom is -0.493 e. The molecule has 0 atom stereocenters. The van der Waals surface area contributed by atoms with Gasteiger partial charge in [-0.3, -0.25) is 20.2 Å². The topological polar surface area (TPSA) is 176 Å². The number of nitrogens with one attached hydrogen (secondary N) is 1. The third-order valence-corrected chi connectivity index (χ3v) is 6.39. The molecule has 0 spiro atoms. The van der Waals surface area contributed by atoms with E-state index >= 15 is 0 Å². The summed E-state index contributed by atoms with van der Waals surface area (Å²) in [6.45, 7) is 4.17. The van der Waals surface area contributed by atoms with Crippen molar-refractivity contribution in [1.29, 1.82) is 5.26 Å². The number of nitriles is 1. The normalized spacial score (nSPS) is 10.6. The van der Waals surface area contributed by atoms with Crippen LogP contribution in [0.5, 0.6) is 17.2 Å². The van der Waals surface area contributed by atoms with Gasteiger partial charge in [-0.1, -0.05) is 25.6 Å². The zero-order valence-electron chi connectivity index (χ0n) is 21.9. The number of ether oxygens (including phenoxy) is 3. The van der Waals surface area contributed by atoms with E-state index in [-0.39, 0.29) is 22.8 Å². The number of rotatable bonds is 12. The smallest absolute Gasteiger partial charge is 0.299 e. The number of hydrogen-bond acceptors (Lipinski definition) is 12. The lowest BCUT2D eigenvalue weighted by Gasteiger charge is -2.16. The van der Waals surface area contributed by atoms with E-state index in [0.29, 0.717) is 39.6 Å². The number of nitro groups is 2. The summed E-state index contributed by atoms with van der Waals surface area (Å²) in [4.78, 5) is 30.5. The van der Waals surface area contributed by atoms with Gasteiger partial charge in [0.15, 0.2) is 22.5 Å².